The number of nitriles is 1. The first kappa shape index (κ1) is 19.3. The van der Waals surface area contributed by atoms with E-state index in [-0.39, 0.29) is 18.6 Å². The minimum absolute atomic E-state index is 0.0830. The van der Waals surface area contributed by atoms with Crippen LogP contribution in [0.25, 0.3) is 11.1 Å². The average Bonchev–Trinajstić information content (AvgIpc) is 2.81. The summed E-state index contributed by atoms with van der Waals surface area (Å²) in [5.41, 5.74) is 2.64. The molecular formula is C24H20N2O4. The lowest BCUT2D eigenvalue weighted by Crippen LogP contribution is -2.42. The van der Waals surface area contributed by atoms with Crippen LogP contribution in [0, 0.1) is 11.3 Å². The van der Waals surface area contributed by atoms with Gasteiger partial charge in [0.25, 0.3) is 5.91 Å². The van der Waals surface area contributed by atoms with Crippen molar-refractivity contribution in [2.75, 3.05) is 19.8 Å². The third-order valence-corrected chi connectivity index (χ3v) is 4.67. The highest BCUT2D eigenvalue weighted by molar-refractivity contribution is 5.77. The van der Waals surface area contributed by atoms with Crippen molar-refractivity contribution >= 4 is 5.91 Å². The first-order valence-electron chi connectivity index (χ1n) is 9.60. The molecule has 3 aromatic carbocycles. The van der Waals surface area contributed by atoms with Gasteiger partial charge in [-0.2, -0.15) is 5.26 Å². The van der Waals surface area contributed by atoms with Gasteiger partial charge in [0.1, 0.15) is 18.5 Å². The highest BCUT2D eigenvalue weighted by Gasteiger charge is 2.21. The molecule has 0 spiro atoms. The number of fused-ring (bicyclic) bond motifs is 1. The number of rotatable bonds is 6. The predicted molar refractivity (Wildman–Crippen MR) is 111 cm³/mol. The number of nitrogens with one attached hydrogen (secondary N) is 1. The molecule has 6 nitrogen and oxygen atoms in total. The number of nitrogens with zero attached hydrogens (tertiary/aromatic N) is 1. The summed E-state index contributed by atoms with van der Waals surface area (Å²) < 4.78 is 17.0. The molecule has 0 saturated heterocycles. The lowest BCUT2D eigenvalue weighted by Gasteiger charge is -2.26. The third kappa shape index (κ3) is 4.70. The Morgan fingerprint density at radius 3 is 2.37 bits per heavy atom. The molecular weight excluding hydrogens is 380 g/mol. The molecule has 0 aromatic heterocycles. The van der Waals surface area contributed by atoms with Gasteiger partial charge in [-0.3, -0.25) is 4.79 Å². The summed E-state index contributed by atoms with van der Waals surface area (Å²) in [7, 11) is 0. The summed E-state index contributed by atoms with van der Waals surface area (Å²) in [6.07, 6.45) is -0.240. The van der Waals surface area contributed by atoms with Crippen LogP contribution in [0.5, 0.6) is 17.2 Å². The smallest absolute Gasteiger partial charge is 0.258 e. The second-order valence-corrected chi connectivity index (χ2v) is 6.80. The minimum Gasteiger partial charge on any atom is -0.486 e. The number of carbonyl (C=O) groups excluding carboxylic acids is 1. The molecule has 4 rings (SSSR count). The van der Waals surface area contributed by atoms with Crippen molar-refractivity contribution in [1.82, 2.24) is 5.32 Å². The van der Waals surface area contributed by atoms with Crippen molar-refractivity contribution in [2.45, 2.75) is 6.10 Å². The largest absolute Gasteiger partial charge is 0.486 e. The molecule has 3 aromatic rings. The van der Waals surface area contributed by atoms with E-state index in [1.807, 2.05) is 60.7 Å². The standard InChI is InChI=1S/C24H20N2O4/c25-13-17-5-7-18(8-6-17)19-9-11-20(12-10-19)28-16-24(27)26-14-21-15-29-22-3-1-2-4-23(22)30-21/h1-12,21H,14-16H2,(H,26,27)/t21-/m1/s1. The predicted octanol–water partition coefficient (Wildman–Crippen LogP) is 3.56. The van der Waals surface area contributed by atoms with Crippen molar-refractivity contribution in [1.29, 1.82) is 5.26 Å². The fourth-order valence-corrected chi connectivity index (χ4v) is 3.07. The SMILES string of the molecule is N#Cc1ccc(-c2ccc(OCC(=O)NC[C@@H]3COc4ccccc4O3)cc2)cc1. The molecule has 1 heterocycles. The van der Waals surface area contributed by atoms with Crippen LogP contribution in [0.3, 0.4) is 0 Å². The zero-order valence-electron chi connectivity index (χ0n) is 16.2. The molecule has 0 fully saturated rings. The van der Waals surface area contributed by atoms with E-state index in [1.165, 1.54) is 0 Å². The lowest BCUT2D eigenvalue weighted by molar-refractivity contribution is -0.123. The van der Waals surface area contributed by atoms with Crippen molar-refractivity contribution in [3.05, 3.63) is 78.4 Å². The van der Waals surface area contributed by atoms with Crippen molar-refractivity contribution in [3.63, 3.8) is 0 Å². The number of amides is 1. The maximum atomic E-state index is 12.1. The summed E-state index contributed by atoms with van der Waals surface area (Å²) >= 11 is 0. The Kier molecular flexibility index (Phi) is 5.81. The monoisotopic (exact) mass is 400 g/mol. The van der Waals surface area contributed by atoms with Crippen molar-refractivity contribution < 1.29 is 19.0 Å². The highest BCUT2D eigenvalue weighted by Crippen LogP contribution is 2.30. The second-order valence-electron chi connectivity index (χ2n) is 6.80. The molecule has 1 aliphatic rings. The van der Waals surface area contributed by atoms with Gasteiger partial charge in [0, 0.05) is 0 Å². The van der Waals surface area contributed by atoms with Gasteiger partial charge >= 0.3 is 0 Å². The summed E-state index contributed by atoms with van der Waals surface area (Å²) in [6, 6.07) is 24.4. The number of para-hydroxylation sites is 2. The number of benzene rings is 3. The molecule has 30 heavy (non-hydrogen) atoms. The van der Waals surface area contributed by atoms with Gasteiger partial charge in [0.05, 0.1) is 18.2 Å². The summed E-state index contributed by atoms with van der Waals surface area (Å²) in [4.78, 5) is 12.1. The second kappa shape index (κ2) is 9.01. The molecule has 1 atom stereocenters. The van der Waals surface area contributed by atoms with Gasteiger partial charge in [0.2, 0.25) is 0 Å². The van der Waals surface area contributed by atoms with Crippen LogP contribution in [0.1, 0.15) is 5.56 Å². The molecule has 0 saturated carbocycles. The lowest BCUT2D eigenvalue weighted by atomic mass is 10.0. The number of hydrogen-bond donors (Lipinski definition) is 1. The Balaban J connectivity index is 1.23. The summed E-state index contributed by atoms with van der Waals surface area (Å²) in [6.45, 7) is 0.642. The van der Waals surface area contributed by atoms with Gasteiger partial charge in [-0.25, -0.2) is 0 Å². The van der Waals surface area contributed by atoms with Gasteiger partial charge in [-0.15, -0.1) is 0 Å². The van der Waals surface area contributed by atoms with Crippen LogP contribution < -0.4 is 19.5 Å². The Labute approximate surface area is 174 Å². The molecule has 150 valence electrons. The van der Waals surface area contributed by atoms with Crippen molar-refractivity contribution in [3.8, 4) is 34.4 Å². The van der Waals surface area contributed by atoms with Gasteiger partial charge < -0.3 is 19.5 Å². The van der Waals surface area contributed by atoms with Crippen LogP contribution in [0.4, 0.5) is 0 Å². The Morgan fingerprint density at radius 1 is 1.00 bits per heavy atom. The molecule has 6 heteroatoms. The van der Waals surface area contributed by atoms with Crippen molar-refractivity contribution in [2.24, 2.45) is 0 Å². The first-order chi connectivity index (χ1) is 14.7. The van der Waals surface area contributed by atoms with E-state index in [9.17, 15) is 4.79 Å². The topological polar surface area (TPSA) is 80.6 Å². The Hall–Kier alpha value is -3.98. The quantitative estimate of drug-likeness (QED) is 0.684. The van der Waals surface area contributed by atoms with Crippen LogP contribution in [0.2, 0.25) is 0 Å². The average molecular weight is 400 g/mol. The zero-order chi connectivity index (χ0) is 20.8. The highest BCUT2D eigenvalue weighted by atomic mass is 16.6. The van der Waals surface area contributed by atoms with Gasteiger partial charge in [-0.1, -0.05) is 36.4 Å². The molecule has 0 unspecified atom stereocenters. The van der Waals surface area contributed by atoms with Crippen LogP contribution in [-0.4, -0.2) is 31.8 Å². The summed E-state index contributed by atoms with van der Waals surface area (Å²) in [5, 5.41) is 11.7. The molecule has 1 aliphatic heterocycles. The van der Waals surface area contributed by atoms with Crippen LogP contribution in [0.15, 0.2) is 72.8 Å². The third-order valence-electron chi connectivity index (χ3n) is 4.67. The minimum atomic E-state index is -0.240. The van der Waals surface area contributed by atoms with E-state index in [0.717, 1.165) is 11.1 Å². The van der Waals surface area contributed by atoms with Gasteiger partial charge in [-0.05, 0) is 47.5 Å². The maximum absolute atomic E-state index is 12.1. The fraction of sp³-hybridized carbons (Fsp3) is 0.167. The first-order valence-corrected chi connectivity index (χ1v) is 9.60. The molecule has 0 radical (unpaired) electrons. The Morgan fingerprint density at radius 2 is 1.67 bits per heavy atom. The fourth-order valence-electron chi connectivity index (χ4n) is 3.07. The van der Waals surface area contributed by atoms with E-state index in [1.54, 1.807) is 12.1 Å². The number of hydrogen-bond acceptors (Lipinski definition) is 5. The number of carbonyl (C=O) groups is 1. The van der Waals surface area contributed by atoms with Crippen LogP contribution >= 0.6 is 0 Å². The van der Waals surface area contributed by atoms with Crippen LogP contribution in [-0.2, 0) is 4.79 Å². The normalized spacial score (nSPS) is 14.4. The summed E-state index contributed by atoms with van der Waals surface area (Å²) in [5.74, 6) is 1.77. The van der Waals surface area contributed by atoms with E-state index in [2.05, 4.69) is 11.4 Å². The zero-order valence-corrected chi connectivity index (χ0v) is 16.2. The molecule has 0 aliphatic carbocycles. The Bertz CT molecular complexity index is 1060. The maximum Gasteiger partial charge on any atom is 0.258 e. The van der Waals surface area contributed by atoms with E-state index in [0.29, 0.717) is 36.0 Å². The van der Waals surface area contributed by atoms with E-state index >= 15 is 0 Å². The number of ether oxygens (including phenoxy) is 3. The van der Waals surface area contributed by atoms with E-state index in [4.69, 9.17) is 19.5 Å². The van der Waals surface area contributed by atoms with Gasteiger partial charge in [0.15, 0.2) is 18.1 Å². The molecule has 1 amide bonds. The van der Waals surface area contributed by atoms with E-state index < -0.39 is 0 Å². The molecule has 1 N–H and O–H groups in total. The molecule has 0 bridgehead atoms.